The van der Waals surface area contributed by atoms with E-state index in [0.717, 1.165) is 5.56 Å². The molecule has 0 fully saturated rings. The average Bonchev–Trinajstić information content (AvgIpc) is 2.63. The van der Waals surface area contributed by atoms with Gasteiger partial charge in [0.15, 0.2) is 5.78 Å². The zero-order valence-corrected chi connectivity index (χ0v) is 14.3. The van der Waals surface area contributed by atoms with Crippen LogP contribution in [0.2, 0.25) is 0 Å². The van der Waals surface area contributed by atoms with Crippen molar-refractivity contribution in [3.05, 3.63) is 86.3 Å². The molecule has 0 radical (unpaired) electrons. The number of rotatable bonds is 2. The van der Waals surface area contributed by atoms with Gasteiger partial charge in [0.1, 0.15) is 5.58 Å². The molecule has 0 N–H and O–H groups in total. The highest BCUT2D eigenvalue weighted by atomic mass is 16.3. The zero-order chi connectivity index (χ0) is 18.4. The molecule has 0 atom stereocenters. The number of hydrogen-bond acceptors (Lipinski definition) is 4. The fraction of sp³-hybridized carbons (Fsp3) is 0.0952. The number of ketones is 1. The average molecular weight is 345 g/mol. The van der Waals surface area contributed by atoms with Crippen LogP contribution in [0, 0.1) is 6.92 Å². The summed E-state index contributed by atoms with van der Waals surface area (Å²) in [4.78, 5) is 37.9. The van der Waals surface area contributed by atoms with Gasteiger partial charge in [-0.1, -0.05) is 29.8 Å². The number of pyridine rings is 1. The van der Waals surface area contributed by atoms with Crippen molar-refractivity contribution in [2.75, 3.05) is 0 Å². The van der Waals surface area contributed by atoms with Crippen LogP contribution in [-0.4, -0.2) is 10.4 Å². The number of benzene rings is 2. The predicted octanol–water partition coefficient (Wildman–Crippen LogP) is 3.61. The summed E-state index contributed by atoms with van der Waals surface area (Å²) < 4.78 is 7.22. The van der Waals surface area contributed by atoms with Crippen molar-refractivity contribution in [3.8, 4) is 5.69 Å². The number of carbonyl (C=O) groups excluding carboxylic acids is 1. The molecule has 0 aliphatic rings. The SMILES string of the molecule is CC(=O)c1cc2c(=O)c3cc(C)ccc3oc2n(-c2ccccc2)c1=O. The quantitative estimate of drug-likeness (QED) is 0.411. The highest BCUT2D eigenvalue weighted by Gasteiger charge is 2.19. The first-order valence-electron chi connectivity index (χ1n) is 8.17. The van der Waals surface area contributed by atoms with Gasteiger partial charge in [-0.25, -0.2) is 4.57 Å². The number of hydrogen-bond donors (Lipinski definition) is 0. The number of aromatic nitrogens is 1. The van der Waals surface area contributed by atoms with E-state index < -0.39 is 11.3 Å². The molecule has 0 aliphatic carbocycles. The van der Waals surface area contributed by atoms with E-state index >= 15 is 0 Å². The lowest BCUT2D eigenvalue weighted by molar-refractivity contribution is 0.101. The van der Waals surface area contributed by atoms with Crippen LogP contribution in [0.15, 0.2) is 68.6 Å². The van der Waals surface area contributed by atoms with E-state index in [1.165, 1.54) is 17.6 Å². The van der Waals surface area contributed by atoms with Gasteiger partial charge in [0, 0.05) is 0 Å². The van der Waals surface area contributed by atoms with E-state index in [1.807, 2.05) is 19.1 Å². The molecule has 0 bridgehead atoms. The molecule has 0 amide bonds. The first kappa shape index (κ1) is 16.0. The second kappa shape index (κ2) is 5.81. The molecule has 4 rings (SSSR count). The molecule has 0 saturated heterocycles. The number of carbonyl (C=O) groups is 1. The standard InChI is InChI=1S/C21H15NO4/c1-12-8-9-18-16(10-12)19(24)17-11-15(13(2)23)20(25)22(21(17)26-18)14-6-4-3-5-7-14/h3-11H,1-2H3. The number of aryl methyl sites for hydroxylation is 1. The maximum Gasteiger partial charge on any atom is 0.268 e. The third kappa shape index (κ3) is 2.37. The lowest BCUT2D eigenvalue weighted by atomic mass is 10.1. The Balaban J connectivity index is 2.28. The minimum absolute atomic E-state index is 0.0411. The fourth-order valence-electron chi connectivity index (χ4n) is 3.09. The maximum atomic E-state index is 13.0. The van der Waals surface area contributed by atoms with Gasteiger partial charge in [-0.05, 0) is 44.2 Å². The molecule has 5 heteroatoms. The summed E-state index contributed by atoms with van der Waals surface area (Å²) >= 11 is 0. The van der Waals surface area contributed by atoms with Crippen LogP contribution in [0.4, 0.5) is 0 Å². The Morgan fingerprint density at radius 3 is 2.38 bits per heavy atom. The van der Waals surface area contributed by atoms with Gasteiger partial charge in [0.2, 0.25) is 11.1 Å². The Bertz CT molecular complexity index is 1300. The summed E-state index contributed by atoms with van der Waals surface area (Å²) in [5.41, 5.74) is 1.16. The van der Waals surface area contributed by atoms with Gasteiger partial charge in [-0.2, -0.15) is 0 Å². The minimum Gasteiger partial charge on any atom is -0.439 e. The summed E-state index contributed by atoms with van der Waals surface area (Å²) in [6, 6.07) is 15.5. The molecular weight excluding hydrogens is 330 g/mol. The summed E-state index contributed by atoms with van der Waals surface area (Å²) in [6.07, 6.45) is 0. The summed E-state index contributed by atoms with van der Waals surface area (Å²) in [6.45, 7) is 3.19. The summed E-state index contributed by atoms with van der Waals surface area (Å²) in [5.74, 6) is -0.398. The molecule has 2 aromatic heterocycles. The van der Waals surface area contributed by atoms with Crippen molar-refractivity contribution in [2.45, 2.75) is 13.8 Å². The number of para-hydroxylation sites is 1. The maximum absolute atomic E-state index is 13.0. The lowest BCUT2D eigenvalue weighted by Crippen LogP contribution is -2.26. The smallest absolute Gasteiger partial charge is 0.268 e. The molecular formula is C21H15NO4. The van der Waals surface area contributed by atoms with Crippen molar-refractivity contribution in [3.63, 3.8) is 0 Å². The highest BCUT2D eigenvalue weighted by molar-refractivity contribution is 5.98. The monoisotopic (exact) mass is 345 g/mol. The highest BCUT2D eigenvalue weighted by Crippen LogP contribution is 2.22. The van der Waals surface area contributed by atoms with Crippen molar-refractivity contribution < 1.29 is 9.21 Å². The second-order valence-corrected chi connectivity index (χ2v) is 6.24. The molecule has 0 aliphatic heterocycles. The Morgan fingerprint density at radius 1 is 0.962 bits per heavy atom. The topological polar surface area (TPSA) is 69.3 Å². The Hall–Kier alpha value is -3.47. The number of Topliss-reactive ketones (excluding diaryl/α,β-unsaturated/α-hetero) is 1. The molecule has 2 heterocycles. The molecule has 0 spiro atoms. The van der Waals surface area contributed by atoms with Crippen molar-refractivity contribution in [1.82, 2.24) is 4.57 Å². The number of fused-ring (bicyclic) bond motifs is 2. The van der Waals surface area contributed by atoms with Crippen LogP contribution < -0.4 is 11.0 Å². The van der Waals surface area contributed by atoms with E-state index in [0.29, 0.717) is 16.7 Å². The third-order valence-electron chi connectivity index (χ3n) is 4.38. The van der Waals surface area contributed by atoms with E-state index in [4.69, 9.17) is 4.42 Å². The van der Waals surface area contributed by atoms with Crippen LogP contribution in [0.1, 0.15) is 22.8 Å². The molecule has 4 aromatic rings. The second-order valence-electron chi connectivity index (χ2n) is 6.24. The summed E-state index contributed by atoms with van der Waals surface area (Å²) in [5, 5.41) is 0.627. The largest absolute Gasteiger partial charge is 0.439 e. The first-order chi connectivity index (χ1) is 12.5. The minimum atomic E-state index is -0.509. The fourth-order valence-corrected chi connectivity index (χ4v) is 3.09. The normalized spacial score (nSPS) is 11.2. The Morgan fingerprint density at radius 2 is 1.69 bits per heavy atom. The van der Waals surface area contributed by atoms with Crippen molar-refractivity contribution in [1.29, 1.82) is 0 Å². The Kier molecular flexibility index (Phi) is 3.58. The van der Waals surface area contributed by atoms with Crippen molar-refractivity contribution >= 4 is 27.9 Å². The third-order valence-corrected chi connectivity index (χ3v) is 4.38. The van der Waals surface area contributed by atoms with Crippen LogP contribution >= 0.6 is 0 Å². The van der Waals surface area contributed by atoms with Crippen LogP contribution in [-0.2, 0) is 0 Å². The first-order valence-corrected chi connectivity index (χ1v) is 8.17. The molecule has 0 saturated carbocycles. The lowest BCUT2D eigenvalue weighted by Gasteiger charge is -2.11. The van der Waals surface area contributed by atoms with Crippen LogP contribution in [0.5, 0.6) is 0 Å². The van der Waals surface area contributed by atoms with Crippen molar-refractivity contribution in [2.24, 2.45) is 0 Å². The molecule has 5 nitrogen and oxygen atoms in total. The summed E-state index contributed by atoms with van der Waals surface area (Å²) in [7, 11) is 0. The van der Waals surface area contributed by atoms with E-state index in [1.54, 1.807) is 36.4 Å². The Labute approximate surface area is 148 Å². The zero-order valence-electron chi connectivity index (χ0n) is 14.3. The molecule has 26 heavy (non-hydrogen) atoms. The molecule has 0 unspecified atom stereocenters. The molecule has 2 aromatic carbocycles. The van der Waals surface area contributed by atoms with Gasteiger partial charge < -0.3 is 4.42 Å². The van der Waals surface area contributed by atoms with Gasteiger partial charge in [-0.15, -0.1) is 0 Å². The number of nitrogens with zero attached hydrogens (tertiary/aromatic N) is 1. The van der Waals surface area contributed by atoms with Gasteiger partial charge in [0.25, 0.3) is 5.56 Å². The van der Waals surface area contributed by atoms with Gasteiger partial charge >= 0.3 is 0 Å². The predicted molar refractivity (Wildman–Crippen MR) is 100 cm³/mol. The van der Waals surface area contributed by atoms with E-state index in [2.05, 4.69) is 0 Å². The van der Waals surface area contributed by atoms with Crippen LogP contribution in [0.25, 0.3) is 27.8 Å². The molecule has 128 valence electrons. The van der Waals surface area contributed by atoms with E-state index in [9.17, 15) is 14.4 Å². The van der Waals surface area contributed by atoms with Gasteiger partial charge in [-0.3, -0.25) is 14.4 Å². The van der Waals surface area contributed by atoms with Gasteiger partial charge in [0.05, 0.1) is 22.0 Å². The van der Waals surface area contributed by atoms with Crippen LogP contribution in [0.3, 0.4) is 0 Å². The van der Waals surface area contributed by atoms with E-state index in [-0.39, 0.29) is 22.1 Å².